The Balaban J connectivity index is 1.85. The lowest BCUT2D eigenvalue weighted by atomic mass is 10.3. The molecule has 4 nitrogen and oxygen atoms in total. The quantitative estimate of drug-likeness (QED) is 0.845. The molecule has 4 heteroatoms. The molecule has 0 aliphatic carbocycles. The maximum atomic E-state index is 4.26. The predicted molar refractivity (Wildman–Crippen MR) is 70.2 cm³/mol. The van der Waals surface area contributed by atoms with Crippen molar-refractivity contribution < 1.29 is 0 Å². The molecule has 1 saturated heterocycles. The van der Waals surface area contributed by atoms with Crippen molar-refractivity contribution >= 4 is 5.82 Å². The maximum absolute atomic E-state index is 4.26. The van der Waals surface area contributed by atoms with Crippen molar-refractivity contribution in [1.82, 2.24) is 14.9 Å². The standard InChI is InChI=1S/C13H22N4/c1-3-12-8-13(15-10-14-12)16-11(2)9-17-6-4-5-7-17/h8,10-11H,3-7,9H2,1-2H3,(H,14,15,16). The molecule has 1 fully saturated rings. The first-order valence-corrected chi connectivity index (χ1v) is 6.57. The van der Waals surface area contributed by atoms with E-state index in [0.717, 1.165) is 24.5 Å². The fourth-order valence-corrected chi connectivity index (χ4v) is 2.32. The van der Waals surface area contributed by atoms with Crippen LogP contribution in [0.15, 0.2) is 12.4 Å². The van der Waals surface area contributed by atoms with Crippen molar-refractivity contribution in [2.24, 2.45) is 0 Å². The number of nitrogens with one attached hydrogen (secondary N) is 1. The third-order valence-corrected chi connectivity index (χ3v) is 3.21. The van der Waals surface area contributed by atoms with E-state index >= 15 is 0 Å². The summed E-state index contributed by atoms with van der Waals surface area (Å²) < 4.78 is 0. The summed E-state index contributed by atoms with van der Waals surface area (Å²) in [7, 11) is 0. The van der Waals surface area contributed by atoms with E-state index in [9.17, 15) is 0 Å². The zero-order chi connectivity index (χ0) is 12.1. The second-order valence-electron chi connectivity index (χ2n) is 4.80. The molecule has 1 aromatic heterocycles. The van der Waals surface area contributed by atoms with Gasteiger partial charge in [-0.25, -0.2) is 9.97 Å². The minimum absolute atomic E-state index is 0.438. The molecule has 1 aromatic rings. The van der Waals surface area contributed by atoms with E-state index < -0.39 is 0 Å². The van der Waals surface area contributed by atoms with E-state index in [-0.39, 0.29) is 0 Å². The topological polar surface area (TPSA) is 41.0 Å². The Hall–Kier alpha value is -1.16. The average molecular weight is 234 g/mol. The van der Waals surface area contributed by atoms with Crippen molar-refractivity contribution in [2.45, 2.75) is 39.2 Å². The fraction of sp³-hybridized carbons (Fsp3) is 0.692. The number of hydrogen-bond donors (Lipinski definition) is 1. The summed E-state index contributed by atoms with van der Waals surface area (Å²) in [6.07, 6.45) is 5.29. The van der Waals surface area contributed by atoms with Gasteiger partial charge in [-0.05, 0) is 39.3 Å². The van der Waals surface area contributed by atoms with Crippen LogP contribution in [-0.4, -0.2) is 40.5 Å². The fourth-order valence-electron chi connectivity index (χ4n) is 2.32. The smallest absolute Gasteiger partial charge is 0.129 e. The highest BCUT2D eigenvalue weighted by atomic mass is 15.2. The minimum Gasteiger partial charge on any atom is -0.366 e. The molecule has 1 aliphatic rings. The van der Waals surface area contributed by atoms with Crippen LogP contribution in [0.3, 0.4) is 0 Å². The van der Waals surface area contributed by atoms with Gasteiger partial charge in [0, 0.05) is 24.3 Å². The first kappa shape index (κ1) is 12.3. The summed E-state index contributed by atoms with van der Waals surface area (Å²) >= 11 is 0. The van der Waals surface area contributed by atoms with Gasteiger partial charge in [-0.15, -0.1) is 0 Å². The van der Waals surface area contributed by atoms with E-state index in [0.29, 0.717) is 6.04 Å². The highest BCUT2D eigenvalue weighted by molar-refractivity contribution is 5.35. The largest absolute Gasteiger partial charge is 0.366 e. The van der Waals surface area contributed by atoms with Crippen molar-refractivity contribution in [3.05, 3.63) is 18.1 Å². The predicted octanol–water partition coefficient (Wildman–Crippen LogP) is 1.94. The van der Waals surface area contributed by atoms with Crippen LogP contribution >= 0.6 is 0 Å². The van der Waals surface area contributed by atoms with Crippen molar-refractivity contribution in [3.8, 4) is 0 Å². The Bertz CT molecular complexity index is 347. The molecular weight excluding hydrogens is 212 g/mol. The molecule has 0 saturated carbocycles. The third kappa shape index (κ3) is 3.66. The van der Waals surface area contributed by atoms with Gasteiger partial charge in [-0.3, -0.25) is 0 Å². The molecule has 94 valence electrons. The second kappa shape index (κ2) is 5.96. The maximum Gasteiger partial charge on any atom is 0.129 e. The Morgan fingerprint density at radius 2 is 2.12 bits per heavy atom. The van der Waals surface area contributed by atoms with Crippen LogP contribution in [0.4, 0.5) is 5.82 Å². The van der Waals surface area contributed by atoms with Gasteiger partial charge in [-0.2, -0.15) is 0 Å². The third-order valence-electron chi connectivity index (χ3n) is 3.21. The van der Waals surface area contributed by atoms with Gasteiger partial charge in [0.25, 0.3) is 0 Å². The van der Waals surface area contributed by atoms with Gasteiger partial charge in [0.15, 0.2) is 0 Å². The number of aromatic nitrogens is 2. The average Bonchev–Trinajstić information content (AvgIpc) is 2.82. The summed E-state index contributed by atoms with van der Waals surface area (Å²) in [6.45, 7) is 7.92. The van der Waals surface area contributed by atoms with Crippen LogP contribution in [0.25, 0.3) is 0 Å². The summed E-state index contributed by atoms with van der Waals surface area (Å²) in [5.41, 5.74) is 1.09. The van der Waals surface area contributed by atoms with E-state index in [4.69, 9.17) is 0 Å². The van der Waals surface area contributed by atoms with Crippen LogP contribution in [0, 0.1) is 0 Å². The van der Waals surface area contributed by atoms with Gasteiger partial charge in [-0.1, -0.05) is 6.92 Å². The van der Waals surface area contributed by atoms with Crippen molar-refractivity contribution in [2.75, 3.05) is 25.0 Å². The summed E-state index contributed by atoms with van der Waals surface area (Å²) in [4.78, 5) is 11.0. The molecule has 1 atom stereocenters. The summed E-state index contributed by atoms with van der Waals surface area (Å²) in [5, 5.41) is 3.45. The molecule has 1 aliphatic heterocycles. The highest BCUT2D eigenvalue weighted by Gasteiger charge is 2.14. The van der Waals surface area contributed by atoms with Gasteiger partial charge in [0.1, 0.15) is 12.1 Å². The van der Waals surface area contributed by atoms with Crippen LogP contribution in [0.2, 0.25) is 0 Å². The van der Waals surface area contributed by atoms with Crippen LogP contribution in [0.5, 0.6) is 0 Å². The minimum atomic E-state index is 0.438. The molecule has 0 bridgehead atoms. The van der Waals surface area contributed by atoms with Crippen molar-refractivity contribution in [3.63, 3.8) is 0 Å². The number of aryl methyl sites for hydroxylation is 1. The molecule has 0 aromatic carbocycles. The molecule has 1 N–H and O–H groups in total. The number of nitrogens with zero attached hydrogens (tertiary/aromatic N) is 3. The Morgan fingerprint density at radius 3 is 2.82 bits per heavy atom. The van der Waals surface area contributed by atoms with Gasteiger partial charge < -0.3 is 10.2 Å². The van der Waals surface area contributed by atoms with Crippen LogP contribution < -0.4 is 5.32 Å². The molecule has 0 spiro atoms. The SMILES string of the molecule is CCc1cc(NC(C)CN2CCCC2)ncn1. The van der Waals surface area contributed by atoms with Crippen LogP contribution in [0.1, 0.15) is 32.4 Å². The molecule has 17 heavy (non-hydrogen) atoms. The zero-order valence-corrected chi connectivity index (χ0v) is 10.8. The monoisotopic (exact) mass is 234 g/mol. The molecule has 0 radical (unpaired) electrons. The second-order valence-corrected chi connectivity index (χ2v) is 4.80. The lowest BCUT2D eigenvalue weighted by molar-refractivity contribution is 0.327. The lowest BCUT2D eigenvalue weighted by Crippen LogP contribution is -2.33. The van der Waals surface area contributed by atoms with E-state index in [2.05, 4.69) is 34.0 Å². The number of likely N-dealkylation sites (tertiary alicyclic amines) is 1. The normalized spacial score (nSPS) is 18.2. The van der Waals surface area contributed by atoms with Gasteiger partial charge in [0.05, 0.1) is 0 Å². The molecule has 1 unspecified atom stereocenters. The van der Waals surface area contributed by atoms with E-state index in [1.807, 2.05) is 6.07 Å². The molecule has 2 heterocycles. The van der Waals surface area contributed by atoms with Crippen LogP contribution in [-0.2, 0) is 6.42 Å². The number of anilines is 1. The summed E-state index contributed by atoms with van der Waals surface area (Å²) in [5.74, 6) is 0.948. The zero-order valence-electron chi connectivity index (χ0n) is 10.8. The van der Waals surface area contributed by atoms with Gasteiger partial charge in [0.2, 0.25) is 0 Å². The van der Waals surface area contributed by atoms with Crippen molar-refractivity contribution in [1.29, 1.82) is 0 Å². The first-order valence-electron chi connectivity index (χ1n) is 6.57. The molecular formula is C13H22N4. The van der Waals surface area contributed by atoms with Gasteiger partial charge >= 0.3 is 0 Å². The number of rotatable bonds is 5. The highest BCUT2D eigenvalue weighted by Crippen LogP contribution is 2.10. The lowest BCUT2D eigenvalue weighted by Gasteiger charge is -2.21. The Morgan fingerprint density at radius 1 is 1.35 bits per heavy atom. The van der Waals surface area contributed by atoms with E-state index in [1.165, 1.54) is 25.9 Å². The first-order chi connectivity index (χ1) is 8.28. The van der Waals surface area contributed by atoms with E-state index in [1.54, 1.807) is 6.33 Å². The Labute approximate surface area is 103 Å². The Kier molecular flexibility index (Phi) is 4.31. The molecule has 2 rings (SSSR count). The molecule has 0 amide bonds. The summed E-state index contributed by atoms with van der Waals surface area (Å²) in [6, 6.07) is 2.48. The number of hydrogen-bond acceptors (Lipinski definition) is 4.